The molecule has 0 aromatic rings. The summed E-state index contributed by atoms with van der Waals surface area (Å²) >= 11 is 0. The fourth-order valence-electron chi connectivity index (χ4n) is 1.81. The standard InChI is InChI=1S/C11H26NO4P2.HI/c1-5-9-15-17(4,16-10-6-2)12-8-11-18(12,13)14-7-3;/h5-11H2,1-4H3;1H/q+1;/p-1. The van der Waals surface area contributed by atoms with Gasteiger partial charge in [0.25, 0.3) is 0 Å². The smallest absolute Gasteiger partial charge is 0.353 e. The molecule has 1 aliphatic rings. The molecule has 116 valence electrons. The molecule has 1 saturated heterocycles. The molecule has 0 bridgehead atoms. The summed E-state index contributed by atoms with van der Waals surface area (Å²) < 4.78 is 31.6. The normalized spacial score (nSPS) is 23.8. The fourth-order valence-corrected chi connectivity index (χ4v) is 7.91. The number of nitrogens with zero attached hydrogens (tertiary/aromatic N) is 1. The molecule has 0 radical (unpaired) electrons. The van der Waals surface area contributed by atoms with Crippen LogP contribution < -0.4 is 24.0 Å². The first-order valence-corrected chi connectivity index (χ1v) is 10.5. The minimum atomic E-state index is -2.67. The topological polar surface area (TPSA) is 48.0 Å². The van der Waals surface area contributed by atoms with Gasteiger partial charge in [0.1, 0.15) is 6.66 Å². The maximum Gasteiger partial charge on any atom is 0.353 e. The van der Waals surface area contributed by atoms with Crippen LogP contribution in [0, 0.1) is 0 Å². The van der Waals surface area contributed by atoms with E-state index in [1.165, 1.54) is 0 Å². The Kier molecular flexibility index (Phi) is 9.89. The van der Waals surface area contributed by atoms with Crippen molar-refractivity contribution in [1.82, 2.24) is 4.44 Å². The van der Waals surface area contributed by atoms with E-state index in [-0.39, 0.29) is 24.0 Å². The molecule has 0 saturated carbocycles. The molecular weight excluding hydrogens is 399 g/mol. The molecule has 1 heterocycles. The Hall–Kier alpha value is 1.23. The van der Waals surface area contributed by atoms with Crippen molar-refractivity contribution in [2.24, 2.45) is 0 Å². The third-order valence-corrected chi connectivity index (χ3v) is 9.24. The van der Waals surface area contributed by atoms with E-state index in [0.29, 0.717) is 26.0 Å². The Morgan fingerprint density at radius 2 is 1.68 bits per heavy atom. The van der Waals surface area contributed by atoms with Crippen LogP contribution in [0.25, 0.3) is 0 Å². The van der Waals surface area contributed by atoms with Gasteiger partial charge in [0.05, 0.1) is 32.5 Å². The Morgan fingerprint density at radius 3 is 2.00 bits per heavy atom. The minimum Gasteiger partial charge on any atom is -1.00 e. The van der Waals surface area contributed by atoms with Crippen LogP contribution in [0.1, 0.15) is 33.6 Å². The van der Waals surface area contributed by atoms with Crippen molar-refractivity contribution < 1.29 is 42.1 Å². The Balaban J connectivity index is 0.00000324. The van der Waals surface area contributed by atoms with Gasteiger partial charge in [0, 0.05) is 0 Å². The summed E-state index contributed by atoms with van der Waals surface area (Å²) in [5, 5.41) is 0. The van der Waals surface area contributed by atoms with Crippen LogP contribution in [0.2, 0.25) is 0 Å². The van der Waals surface area contributed by atoms with E-state index in [2.05, 4.69) is 13.8 Å². The van der Waals surface area contributed by atoms with E-state index in [1.807, 2.05) is 18.0 Å². The summed E-state index contributed by atoms with van der Waals surface area (Å²) in [4.78, 5) is 0. The van der Waals surface area contributed by atoms with Gasteiger partial charge in [-0.15, -0.1) is 0 Å². The van der Waals surface area contributed by atoms with Crippen molar-refractivity contribution >= 4 is 15.4 Å². The number of halogens is 1. The lowest BCUT2D eigenvalue weighted by atomic mass is 10.5. The average Bonchev–Trinajstić information content (AvgIpc) is 2.33. The Bertz CT molecular complexity index is 298. The highest BCUT2D eigenvalue weighted by Crippen LogP contribution is 2.77. The predicted molar refractivity (Wildman–Crippen MR) is 76.1 cm³/mol. The van der Waals surface area contributed by atoms with Gasteiger partial charge in [-0.2, -0.15) is 9.05 Å². The van der Waals surface area contributed by atoms with Crippen LogP contribution in [0.3, 0.4) is 0 Å². The number of hydrogen-bond donors (Lipinski definition) is 0. The third kappa shape index (κ3) is 5.17. The van der Waals surface area contributed by atoms with Gasteiger partial charge < -0.3 is 28.5 Å². The number of hydrogen-bond acceptors (Lipinski definition) is 4. The maximum absolute atomic E-state index is 12.5. The SMILES string of the molecule is CCCO[P+](C)(OCCC)N1CCP1(=O)OCC.[I-]. The molecule has 1 unspecified atom stereocenters. The van der Waals surface area contributed by atoms with E-state index in [9.17, 15) is 4.57 Å². The molecule has 5 nitrogen and oxygen atoms in total. The number of rotatable bonds is 9. The van der Waals surface area contributed by atoms with Gasteiger partial charge in [-0.05, 0) is 24.2 Å². The van der Waals surface area contributed by atoms with E-state index >= 15 is 0 Å². The van der Waals surface area contributed by atoms with Crippen LogP contribution in [0.5, 0.6) is 0 Å². The second-order valence-electron chi connectivity index (χ2n) is 4.34. The van der Waals surface area contributed by atoms with Crippen molar-refractivity contribution in [3.8, 4) is 0 Å². The van der Waals surface area contributed by atoms with Crippen LogP contribution in [0.15, 0.2) is 0 Å². The minimum absolute atomic E-state index is 0. The molecule has 0 amide bonds. The van der Waals surface area contributed by atoms with E-state index in [1.54, 1.807) is 0 Å². The molecule has 1 atom stereocenters. The molecule has 1 rings (SSSR count). The average molecular weight is 425 g/mol. The Morgan fingerprint density at radius 1 is 1.16 bits per heavy atom. The molecular formula is C11H26INO4P2. The van der Waals surface area contributed by atoms with Crippen LogP contribution in [-0.4, -0.2) is 43.6 Å². The zero-order chi connectivity index (χ0) is 13.6. The van der Waals surface area contributed by atoms with E-state index in [4.69, 9.17) is 13.6 Å². The summed E-state index contributed by atoms with van der Waals surface area (Å²) in [6.45, 7) is 10.4. The first-order chi connectivity index (χ1) is 8.52. The Labute approximate surface area is 134 Å². The molecule has 1 fully saturated rings. The second-order valence-corrected chi connectivity index (χ2v) is 9.73. The van der Waals surface area contributed by atoms with E-state index < -0.39 is 15.4 Å². The van der Waals surface area contributed by atoms with Crippen molar-refractivity contribution in [1.29, 1.82) is 0 Å². The largest absolute Gasteiger partial charge is 1.00 e. The monoisotopic (exact) mass is 425 g/mol. The highest BCUT2D eigenvalue weighted by Gasteiger charge is 2.60. The lowest BCUT2D eigenvalue weighted by Crippen LogP contribution is -3.00. The molecule has 1 aliphatic heterocycles. The zero-order valence-electron chi connectivity index (χ0n) is 12.3. The van der Waals surface area contributed by atoms with E-state index in [0.717, 1.165) is 19.4 Å². The van der Waals surface area contributed by atoms with Gasteiger partial charge in [-0.3, -0.25) is 4.57 Å². The summed E-state index contributed by atoms with van der Waals surface area (Å²) in [6.07, 6.45) is 2.47. The first kappa shape index (κ1) is 20.2. The summed E-state index contributed by atoms with van der Waals surface area (Å²) in [7, 11) is -4.88. The maximum atomic E-state index is 12.5. The highest BCUT2D eigenvalue weighted by molar-refractivity contribution is 7.76. The highest BCUT2D eigenvalue weighted by atomic mass is 127. The van der Waals surface area contributed by atoms with Gasteiger partial charge in [0.2, 0.25) is 0 Å². The van der Waals surface area contributed by atoms with Crippen LogP contribution >= 0.6 is 15.4 Å². The summed E-state index contributed by atoms with van der Waals surface area (Å²) in [6, 6.07) is 0. The summed E-state index contributed by atoms with van der Waals surface area (Å²) in [5.74, 6) is 0. The molecule has 0 aliphatic carbocycles. The summed E-state index contributed by atoms with van der Waals surface area (Å²) in [5.41, 5.74) is 0. The van der Waals surface area contributed by atoms with Crippen molar-refractivity contribution in [2.75, 3.05) is 39.2 Å². The molecule has 19 heavy (non-hydrogen) atoms. The molecule has 0 aromatic heterocycles. The molecule has 0 spiro atoms. The van der Waals surface area contributed by atoms with Crippen molar-refractivity contribution in [3.63, 3.8) is 0 Å². The van der Waals surface area contributed by atoms with Gasteiger partial charge in [0.15, 0.2) is 0 Å². The fraction of sp³-hybridized carbons (Fsp3) is 1.00. The third-order valence-electron chi connectivity index (χ3n) is 2.75. The quantitative estimate of drug-likeness (QED) is 0.404. The van der Waals surface area contributed by atoms with Gasteiger partial charge in [-0.25, -0.2) is 0 Å². The van der Waals surface area contributed by atoms with Gasteiger partial charge in [-0.1, -0.05) is 13.8 Å². The first-order valence-electron chi connectivity index (χ1n) is 6.70. The molecule has 0 aromatic carbocycles. The predicted octanol–water partition coefficient (Wildman–Crippen LogP) is 0.781. The zero-order valence-corrected chi connectivity index (χ0v) is 16.2. The molecule has 8 heteroatoms. The lowest BCUT2D eigenvalue weighted by Gasteiger charge is -2.41. The lowest BCUT2D eigenvalue weighted by molar-refractivity contribution is -0.0000107. The van der Waals surface area contributed by atoms with Crippen LogP contribution in [-0.2, 0) is 18.1 Å². The van der Waals surface area contributed by atoms with Crippen molar-refractivity contribution in [2.45, 2.75) is 33.6 Å². The van der Waals surface area contributed by atoms with Gasteiger partial charge >= 0.3 is 15.4 Å². The van der Waals surface area contributed by atoms with Crippen molar-refractivity contribution in [3.05, 3.63) is 0 Å². The molecule has 0 N–H and O–H groups in total. The second kappa shape index (κ2) is 9.29. The van der Waals surface area contributed by atoms with Crippen LogP contribution in [0.4, 0.5) is 0 Å².